The van der Waals surface area contributed by atoms with E-state index in [2.05, 4.69) is 5.73 Å². The fourth-order valence-electron chi connectivity index (χ4n) is 0.143. The predicted molar refractivity (Wildman–Crippen MR) is 51.8 cm³/mol. The second-order valence-corrected chi connectivity index (χ2v) is 1.89. The topological polar surface area (TPSA) is 195 Å². The molecule has 0 aromatic rings. The van der Waals surface area contributed by atoms with Gasteiger partial charge in [-0.1, -0.05) is 0 Å². The molecule has 10 nitrogen and oxygen atoms in total. The van der Waals surface area contributed by atoms with E-state index in [0.717, 1.165) is 0 Å². The summed E-state index contributed by atoms with van der Waals surface area (Å²) in [6, 6.07) is 0. The smallest absolute Gasteiger partial charge is 0.480 e. The Morgan fingerprint density at radius 1 is 0.824 bits per heavy atom. The summed E-state index contributed by atoms with van der Waals surface area (Å²) in [4.78, 5) is 36.9. The lowest BCUT2D eigenvalue weighted by molar-refractivity contribution is -0.135. The van der Waals surface area contributed by atoms with Crippen LogP contribution in [0.15, 0.2) is 12.2 Å². The summed E-state index contributed by atoms with van der Waals surface area (Å²) in [7, 11) is 0. The fraction of sp³-hybridized carbons (Fsp3) is 0.143. The van der Waals surface area contributed by atoms with Crippen LogP contribution in [0.25, 0.3) is 0 Å². The maximum atomic E-state index is 9.55. The van der Waals surface area contributed by atoms with Gasteiger partial charge in [0.15, 0.2) is 0 Å². The summed E-state index contributed by atoms with van der Waals surface area (Å²) in [5.74, 6) is -3.48. The molecule has 7 N–H and O–H groups in total. The van der Waals surface area contributed by atoms with Crippen LogP contribution in [0.4, 0.5) is 4.79 Å². The first kappa shape index (κ1) is 19.9. The molecule has 0 aromatic carbocycles. The van der Waals surface area contributed by atoms with E-state index in [4.69, 9.17) is 30.3 Å². The highest BCUT2D eigenvalue weighted by Gasteiger charge is 1.88. The Balaban J connectivity index is -0.000000188. The third kappa shape index (κ3) is 90.3. The maximum Gasteiger partial charge on any atom is 0.503 e. The molecular formula is C7H11NO9. The van der Waals surface area contributed by atoms with Gasteiger partial charge in [0, 0.05) is 12.2 Å². The molecule has 0 aliphatic rings. The Hall–Kier alpha value is -2.62. The minimum absolute atomic E-state index is 0.278. The van der Waals surface area contributed by atoms with Crippen molar-refractivity contribution in [1.29, 1.82) is 0 Å². The average molecular weight is 253 g/mol. The molecule has 10 heteroatoms. The van der Waals surface area contributed by atoms with Crippen molar-refractivity contribution in [2.75, 3.05) is 6.54 Å². The zero-order valence-electron chi connectivity index (χ0n) is 8.31. The van der Waals surface area contributed by atoms with Crippen molar-refractivity contribution in [2.45, 2.75) is 0 Å². The lowest BCUT2D eigenvalue weighted by Gasteiger charge is -1.74. The normalized spacial score (nSPS) is 8.06. The Morgan fingerprint density at radius 3 is 1.06 bits per heavy atom. The Labute approximate surface area is 94.2 Å². The first-order chi connectivity index (χ1) is 7.63. The van der Waals surface area contributed by atoms with Crippen LogP contribution in [0.3, 0.4) is 0 Å². The Bertz CT molecular complexity index is 276. The molecule has 0 rings (SSSR count). The van der Waals surface area contributed by atoms with Gasteiger partial charge in [0.1, 0.15) is 0 Å². The predicted octanol–water partition coefficient (Wildman–Crippen LogP) is -1.04. The van der Waals surface area contributed by atoms with Crippen LogP contribution in [0.1, 0.15) is 0 Å². The summed E-state index contributed by atoms with van der Waals surface area (Å²) >= 11 is 0. The van der Waals surface area contributed by atoms with Gasteiger partial charge in [0.2, 0.25) is 0 Å². The molecule has 17 heavy (non-hydrogen) atoms. The van der Waals surface area contributed by atoms with Crippen molar-refractivity contribution in [3.63, 3.8) is 0 Å². The first-order valence-electron chi connectivity index (χ1n) is 3.61. The molecule has 0 saturated heterocycles. The zero-order chi connectivity index (χ0) is 14.4. The van der Waals surface area contributed by atoms with Gasteiger partial charge in [0.05, 0.1) is 6.54 Å². The van der Waals surface area contributed by atoms with Crippen LogP contribution >= 0.6 is 0 Å². The van der Waals surface area contributed by atoms with Gasteiger partial charge in [0.25, 0.3) is 0 Å². The Morgan fingerprint density at radius 2 is 1.00 bits per heavy atom. The van der Waals surface area contributed by atoms with E-state index in [1.165, 1.54) is 0 Å². The average Bonchev–Trinajstić information content (AvgIpc) is 2.14. The zero-order valence-corrected chi connectivity index (χ0v) is 8.31. The first-order valence-corrected chi connectivity index (χ1v) is 3.61. The van der Waals surface area contributed by atoms with E-state index >= 15 is 0 Å². The molecule has 0 saturated carbocycles. The van der Waals surface area contributed by atoms with Gasteiger partial charge >= 0.3 is 24.1 Å². The summed E-state index contributed by atoms with van der Waals surface area (Å²) in [5, 5.41) is 37.2. The van der Waals surface area contributed by atoms with E-state index in [-0.39, 0.29) is 6.54 Å². The van der Waals surface area contributed by atoms with E-state index in [0.29, 0.717) is 12.2 Å². The second-order valence-electron chi connectivity index (χ2n) is 1.89. The molecule has 0 heterocycles. The number of carbonyl (C=O) groups is 4. The highest BCUT2D eigenvalue weighted by molar-refractivity contribution is 5.89. The third-order valence-electron chi connectivity index (χ3n) is 0.543. The molecule has 0 spiro atoms. The molecule has 0 atom stereocenters. The van der Waals surface area contributed by atoms with Crippen LogP contribution in [0.2, 0.25) is 0 Å². The lowest BCUT2D eigenvalue weighted by Crippen LogP contribution is -2.10. The quantitative estimate of drug-likeness (QED) is 0.338. The molecule has 0 radical (unpaired) electrons. The van der Waals surface area contributed by atoms with Crippen LogP contribution in [0, 0.1) is 0 Å². The van der Waals surface area contributed by atoms with Gasteiger partial charge < -0.3 is 31.3 Å². The van der Waals surface area contributed by atoms with Gasteiger partial charge in [-0.3, -0.25) is 4.79 Å². The van der Waals surface area contributed by atoms with E-state index in [1.54, 1.807) is 0 Å². The molecule has 0 fully saturated rings. The van der Waals surface area contributed by atoms with Crippen molar-refractivity contribution < 1.29 is 44.7 Å². The maximum absolute atomic E-state index is 9.55. The highest BCUT2D eigenvalue weighted by Crippen LogP contribution is 1.70. The third-order valence-corrected chi connectivity index (χ3v) is 0.543. The van der Waals surface area contributed by atoms with E-state index in [9.17, 15) is 14.4 Å². The highest BCUT2D eigenvalue weighted by atomic mass is 16.6. The van der Waals surface area contributed by atoms with Gasteiger partial charge in [-0.25, -0.2) is 14.4 Å². The number of carboxylic acids is 3. The number of nitrogens with two attached hydrogens (primary N) is 1. The summed E-state index contributed by atoms with van der Waals surface area (Å²) in [5.41, 5.74) is 4.57. The molecule has 0 aliphatic heterocycles. The van der Waals surface area contributed by atoms with Crippen LogP contribution < -0.4 is 5.73 Å². The molecule has 0 bridgehead atoms. The standard InChI is InChI=1S/C4H4O4.C2H5NO2.CH2O3/c5-3(6)1-2-4(7)8;3-1-2(4)5;2-1(3)4/h1-2H,(H,5,6)(H,7,8);1,3H2,(H,4,5);(H2,2,3,4)/b2-1+;;. The van der Waals surface area contributed by atoms with Crippen molar-refractivity contribution in [3.8, 4) is 0 Å². The number of carboxylic acid groups (broad SMARTS) is 5. The summed E-state index contributed by atoms with van der Waals surface area (Å²) < 4.78 is 0. The van der Waals surface area contributed by atoms with Gasteiger partial charge in [-0.15, -0.1) is 0 Å². The van der Waals surface area contributed by atoms with Crippen molar-refractivity contribution in [1.82, 2.24) is 0 Å². The molecule has 0 aliphatic carbocycles. The number of hydrogen-bond donors (Lipinski definition) is 6. The molecule has 0 amide bonds. The van der Waals surface area contributed by atoms with E-state index in [1.807, 2.05) is 0 Å². The molecule has 98 valence electrons. The number of aliphatic carboxylic acids is 3. The second kappa shape index (κ2) is 13.4. The minimum Gasteiger partial charge on any atom is -0.480 e. The molecule has 0 aromatic heterocycles. The number of hydrogen-bond acceptors (Lipinski definition) is 5. The number of rotatable bonds is 3. The van der Waals surface area contributed by atoms with Gasteiger partial charge in [-0.05, 0) is 0 Å². The van der Waals surface area contributed by atoms with Gasteiger partial charge in [-0.2, -0.15) is 0 Å². The minimum atomic E-state index is -1.83. The monoisotopic (exact) mass is 253 g/mol. The largest absolute Gasteiger partial charge is 0.503 e. The summed E-state index contributed by atoms with van der Waals surface area (Å²) in [6.07, 6.45) is -0.718. The van der Waals surface area contributed by atoms with E-state index < -0.39 is 24.1 Å². The summed E-state index contributed by atoms with van der Waals surface area (Å²) in [6.45, 7) is -0.278. The molecular weight excluding hydrogens is 242 g/mol. The fourth-order valence-corrected chi connectivity index (χ4v) is 0.143. The van der Waals surface area contributed by atoms with Crippen LogP contribution in [0.5, 0.6) is 0 Å². The SMILES string of the molecule is NCC(=O)O.O=C(O)/C=C/C(=O)O.O=C(O)O. The van der Waals surface area contributed by atoms with Crippen LogP contribution in [-0.4, -0.2) is 56.1 Å². The van der Waals surface area contributed by atoms with Crippen molar-refractivity contribution >= 4 is 24.1 Å². The van der Waals surface area contributed by atoms with Crippen LogP contribution in [-0.2, 0) is 14.4 Å². The molecule has 0 unspecified atom stereocenters. The van der Waals surface area contributed by atoms with Crippen molar-refractivity contribution in [3.05, 3.63) is 12.2 Å². The Kier molecular flexibility index (Phi) is 15.6. The van der Waals surface area contributed by atoms with Crippen molar-refractivity contribution in [2.24, 2.45) is 5.73 Å². The lowest BCUT2D eigenvalue weighted by atomic mass is 10.5.